The molecule has 1 aromatic carbocycles. The van der Waals surface area contributed by atoms with Crippen LogP contribution < -0.4 is 10.5 Å². The second-order valence-corrected chi connectivity index (χ2v) is 3.64. The summed E-state index contributed by atoms with van der Waals surface area (Å²) in [4.78, 5) is 4.33. The van der Waals surface area contributed by atoms with Crippen LogP contribution in [-0.4, -0.2) is 31.9 Å². The molecule has 2 N–H and O–H groups in total. The third kappa shape index (κ3) is 1.61. The Balaban J connectivity index is 2.07. The maximum absolute atomic E-state index is 5.57. The first-order chi connectivity index (χ1) is 8.78. The minimum absolute atomic E-state index is 0.221. The topological polar surface area (TPSA) is 91.2 Å². The normalized spacial score (nSPS) is 10.7. The molecule has 90 valence electrons. The van der Waals surface area contributed by atoms with E-state index in [0.717, 1.165) is 11.3 Å². The number of nitrogens with two attached hydrogens (primary N) is 1. The molecule has 7 nitrogen and oxygen atoms in total. The van der Waals surface area contributed by atoms with Gasteiger partial charge in [0.1, 0.15) is 5.75 Å². The molecule has 0 saturated carbocycles. The zero-order chi connectivity index (χ0) is 12.5. The maximum atomic E-state index is 5.57. The zero-order valence-electron chi connectivity index (χ0n) is 9.61. The maximum Gasteiger partial charge on any atom is 0.274 e. The fourth-order valence-electron chi connectivity index (χ4n) is 1.61. The Bertz CT molecular complexity index is 690. The van der Waals surface area contributed by atoms with Gasteiger partial charge in [-0.05, 0) is 24.3 Å². The molecule has 0 aliphatic carbocycles. The molecular weight excluding hydrogens is 232 g/mol. The van der Waals surface area contributed by atoms with E-state index in [1.54, 1.807) is 13.3 Å². The molecular formula is C11H10N6O. The predicted octanol–water partition coefficient (Wildman–Crippen LogP) is 0.777. The molecule has 7 heteroatoms. The van der Waals surface area contributed by atoms with Crippen LogP contribution in [0.4, 0.5) is 5.95 Å². The van der Waals surface area contributed by atoms with E-state index in [1.165, 1.54) is 4.52 Å². The van der Waals surface area contributed by atoms with Crippen molar-refractivity contribution >= 4 is 11.7 Å². The first kappa shape index (κ1) is 10.5. The van der Waals surface area contributed by atoms with Crippen LogP contribution in [0.15, 0.2) is 30.5 Å². The van der Waals surface area contributed by atoms with Crippen LogP contribution in [0.1, 0.15) is 0 Å². The number of nitrogen functional groups attached to an aromatic ring is 1. The predicted molar refractivity (Wildman–Crippen MR) is 65.0 cm³/mol. The van der Waals surface area contributed by atoms with Gasteiger partial charge in [0.2, 0.25) is 5.95 Å². The third-order valence-electron chi connectivity index (χ3n) is 2.55. The molecule has 0 saturated heterocycles. The summed E-state index contributed by atoms with van der Waals surface area (Å²) in [5.74, 6) is 1.39. The molecule has 0 fully saturated rings. The SMILES string of the molecule is COc1ccc(-c2cnn3c(N)nnc3n2)cc1. The van der Waals surface area contributed by atoms with Crippen LogP contribution in [-0.2, 0) is 0 Å². The molecule has 0 aliphatic rings. The van der Waals surface area contributed by atoms with Gasteiger partial charge >= 0.3 is 0 Å². The molecule has 3 aromatic rings. The van der Waals surface area contributed by atoms with Crippen molar-refractivity contribution in [3.63, 3.8) is 0 Å². The number of aromatic nitrogens is 5. The van der Waals surface area contributed by atoms with Gasteiger partial charge in [-0.3, -0.25) is 0 Å². The van der Waals surface area contributed by atoms with E-state index in [-0.39, 0.29) is 5.95 Å². The van der Waals surface area contributed by atoms with Gasteiger partial charge in [-0.15, -0.1) is 10.2 Å². The number of methoxy groups -OCH3 is 1. The second kappa shape index (κ2) is 3.95. The largest absolute Gasteiger partial charge is 0.497 e. The summed E-state index contributed by atoms with van der Waals surface area (Å²) < 4.78 is 6.48. The highest BCUT2D eigenvalue weighted by molar-refractivity contribution is 5.60. The van der Waals surface area contributed by atoms with Crippen LogP contribution in [0.2, 0.25) is 0 Å². The Labute approximate surface area is 102 Å². The number of ether oxygens (including phenoxy) is 1. The molecule has 0 unspecified atom stereocenters. The van der Waals surface area contributed by atoms with Crippen molar-refractivity contribution in [3.05, 3.63) is 30.5 Å². The van der Waals surface area contributed by atoms with E-state index >= 15 is 0 Å². The fourth-order valence-corrected chi connectivity index (χ4v) is 1.61. The van der Waals surface area contributed by atoms with Crippen LogP contribution >= 0.6 is 0 Å². The van der Waals surface area contributed by atoms with Gasteiger partial charge in [0.15, 0.2) is 0 Å². The van der Waals surface area contributed by atoms with Crippen molar-refractivity contribution in [1.29, 1.82) is 0 Å². The minimum atomic E-state index is 0.221. The summed E-state index contributed by atoms with van der Waals surface area (Å²) in [6.45, 7) is 0. The number of hydrogen-bond donors (Lipinski definition) is 1. The van der Waals surface area contributed by atoms with Crippen LogP contribution in [0.3, 0.4) is 0 Å². The summed E-state index contributed by atoms with van der Waals surface area (Å²) in [5.41, 5.74) is 7.20. The number of anilines is 1. The van der Waals surface area contributed by atoms with Crippen molar-refractivity contribution < 1.29 is 4.74 Å². The Morgan fingerprint density at radius 2 is 1.94 bits per heavy atom. The zero-order valence-corrected chi connectivity index (χ0v) is 9.61. The van der Waals surface area contributed by atoms with E-state index in [4.69, 9.17) is 10.5 Å². The van der Waals surface area contributed by atoms with Gasteiger partial charge in [0.25, 0.3) is 5.78 Å². The summed E-state index contributed by atoms with van der Waals surface area (Å²) in [6.07, 6.45) is 1.62. The molecule has 2 aromatic heterocycles. The Morgan fingerprint density at radius 3 is 2.67 bits per heavy atom. The van der Waals surface area contributed by atoms with Gasteiger partial charge in [0.05, 0.1) is 19.0 Å². The third-order valence-corrected chi connectivity index (χ3v) is 2.55. The summed E-state index contributed by atoms with van der Waals surface area (Å²) in [5, 5.41) is 11.7. The Kier molecular flexibility index (Phi) is 2.30. The molecule has 18 heavy (non-hydrogen) atoms. The molecule has 3 rings (SSSR count). The number of benzene rings is 1. The quantitative estimate of drug-likeness (QED) is 0.714. The molecule has 0 spiro atoms. The highest BCUT2D eigenvalue weighted by atomic mass is 16.5. The molecule has 0 amide bonds. The van der Waals surface area contributed by atoms with Crippen molar-refractivity contribution in [3.8, 4) is 17.0 Å². The van der Waals surface area contributed by atoms with Crippen molar-refractivity contribution in [2.45, 2.75) is 0 Å². The van der Waals surface area contributed by atoms with Crippen molar-refractivity contribution in [2.24, 2.45) is 0 Å². The summed E-state index contributed by atoms with van der Waals surface area (Å²) in [6, 6.07) is 7.52. The van der Waals surface area contributed by atoms with Crippen LogP contribution in [0, 0.1) is 0 Å². The fraction of sp³-hybridized carbons (Fsp3) is 0.0909. The molecule has 0 bridgehead atoms. The molecule has 0 radical (unpaired) electrons. The van der Waals surface area contributed by atoms with Crippen molar-refractivity contribution in [2.75, 3.05) is 12.8 Å². The lowest BCUT2D eigenvalue weighted by molar-refractivity contribution is 0.415. The molecule has 0 atom stereocenters. The van der Waals surface area contributed by atoms with E-state index in [9.17, 15) is 0 Å². The number of fused-ring (bicyclic) bond motifs is 1. The average molecular weight is 242 g/mol. The highest BCUT2D eigenvalue weighted by Gasteiger charge is 2.07. The van der Waals surface area contributed by atoms with E-state index < -0.39 is 0 Å². The van der Waals surface area contributed by atoms with E-state index in [1.807, 2.05) is 24.3 Å². The lowest BCUT2D eigenvalue weighted by Crippen LogP contribution is -2.00. The summed E-state index contributed by atoms with van der Waals surface area (Å²) in [7, 11) is 1.62. The number of hydrogen-bond acceptors (Lipinski definition) is 6. The molecule has 2 heterocycles. The molecule has 0 aliphatic heterocycles. The lowest BCUT2D eigenvalue weighted by atomic mass is 10.1. The number of nitrogens with zero attached hydrogens (tertiary/aromatic N) is 5. The summed E-state index contributed by atoms with van der Waals surface area (Å²) >= 11 is 0. The van der Waals surface area contributed by atoms with Crippen molar-refractivity contribution in [1.82, 2.24) is 24.8 Å². The average Bonchev–Trinajstić information content (AvgIpc) is 2.80. The van der Waals surface area contributed by atoms with E-state index in [2.05, 4.69) is 20.3 Å². The van der Waals surface area contributed by atoms with Crippen LogP contribution in [0.5, 0.6) is 5.75 Å². The van der Waals surface area contributed by atoms with Gasteiger partial charge in [0, 0.05) is 5.56 Å². The highest BCUT2D eigenvalue weighted by Crippen LogP contribution is 2.20. The van der Waals surface area contributed by atoms with Gasteiger partial charge in [-0.1, -0.05) is 0 Å². The number of rotatable bonds is 2. The van der Waals surface area contributed by atoms with Crippen LogP contribution in [0.25, 0.3) is 17.0 Å². The smallest absolute Gasteiger partial charge is 0.274 e. The lowest BCUT2D eigenvalue weighted by Gasteiger charge is -2.02. The van der Waals surface area contributed by atoms with Gasteiger partial charge < -0.3 is 10.5 Å². The van der Waals surface area contributed by atoms with Gasteiger partial charge in [-0.2, -0.15) is 9.61 Å². The first-order valence-corrected chi connectivity index (χ1v) is 5.26. The minimum Gasteiger partial charge on any atom is -0.497 e. The standard InChI is InChI=1S/C11H10N6O/c1-18-8-4-2-7(3-5-8)9-6-13-17-10(12)15-16-11(17)14-9/h2-6H,1H3,(H2,12,15). The van der Waals surface area contributed by atoms with Gasteiger partial charge in [-0.25, -0.2) is 4.98 Å². The van der Waals surface area contributed by atoms with E-state index in [0.29, 0.717) is 11.5 Å². The first-order valence-electron chi connectivity index (χ1n) is 5.26. The Morgan fingerprint density at radius 1 is 1.17 bits per heavy atom. The monoisotopic (exact) mass is 242 g/mol. The second-order valence-electron chi connectivity index (χ2n) is 3.64. The Hall–Kier alpha value is -2.70.